The molecule has 0 aliphatic carbocycles. The van der Waals surface area contributed by atoms with Crippen molar-refractivity contribution in [1.82, 2.24) is 0 Å². The van der Waals surface area contributed by atoms with E-state index < -0.39 is 0 Å². The van der Waals surface area contributed by atoms with Crippen LogP contribution in [-0.4, -0.2) is 18.0 Å². The van der Waals surface area contributed by atoms with Gasteiger partial charge in [0.1, 0.15) is 0 Å². The third-order valence-corrected chi connectivity index (χ3v) is 1.73. The molecule has 1 aliphatic heterocycles. The Labute approximate surface area is 58.9 Å². The maximum absolute atomic E-state index is 10.5. The molecule has 0 spiro atoms. The molecule has 0 aromatic heterocycles. The first-order chi connectivity index (χ1) is 4.30. The van der Waals surface area contributed by atoms with E-state index in [1.54, 1.807) is 0 Å². The van der Waals surface area contributed by atoms with Gasteiger partial charge in [0.25, 0.3) is 0 Å². The molecule has 0 aromatic carbocycles. The van der Waals surface area contributed by atoms with Gasteiger partial charge in [-0.05, 0) is 30.7 Å². The fourth-order valence-electron chi connectivity index (χ4n) is 0.845. The van der Waals surface area contributed by atoms with Crippen LogP contribution in [-0.2, 0) is 4.79 Å². The summed E-state index contributed by atoms with van der Waals surface area (Å²) < 4.78 is 0. The molecule has 1 heterocycles. The van der Waals surface area contributed by atoms with Crippen molar-refractivity contribution in [3.63, 3.8) is 0 Å². The van der Waals surface area contributed by atoms with Crippen molar-refractivity contribution in [2.45, 2.75) is 12.8 Å². The largest absolute Gasteiger partial charge is 0.297 e. The summed E-state index contributed by atoms with van der Waals surface area (Å²) in [5.41, 5.74) is 0. The SMILES string of the molecule is O=C(Cl)[C@H]1CCC=NC1. The monoisotopic (exact) mass is 145 g/mol. The second-order valence-electron chi connectivity index (χ2n) is 2.13. The van der Waals surface area contributed by atoms with Crippen LogP contribution in [0.15, 0.2) is 4.99 Å². The van der Waals surface area contributed by atoms with Crippen LogP contribution in [0.4, 0.5) is 0 Å². The number of rotatable bonds is 1. The number of carbonyl (C=O) groups excluding carboxylic acids is 1. The van der Waals surface area contributed by atoms with E-state index in [9.17, 15) is 4.79 Å². The molecule has 3 heteroatoms. The molecular formula is C6H8ClNO. The average Bonchev–Trinajstić information content (AvgIpc) is 1.90. The molecule has 1 rings (SSSR count). The molecule has 0 saturated heterocycles. The fourth-order valence-corrected chi connectivity index (χ4v) is 1.02. The Kier molecular flexibility index (Phi) is 2.22. The molecule has 0 fully saturated rings. The van der Waals surface area contributed by atoms with E-state index in [0.717, 1.165) is 12.8 Å². The van der Waals surface area contributed by atoms with Crippen molar-refractivity contribution in [3.05, 3.63) is 0 Å². The summed E-state index contributed by atoms with van der Waals surface area (Å²) >= 11 is 5.24. The summed E-state index contributed by atoms with van der Waals surface area (Å²) in [6, 6.07) is 0. The maximum Gasteiger partial charge on any atom is 0.226 e. The quantitative estimate of drug-likeness (QED) is 0.511. The summed E-state index contributed by atoms with van der Waals surface area (Å²) in [4.78, 5) is 14.4. The van der Waals surface area contributed by atoms with E-state index in [2.05, 4.69) is 4.99 Å². The number of carbonyl (C=O) groups is 1. The van der Waals surface area contributed by atoms with Crippen LogP contribution >= 0.6 is 11.6 Å². The van der Waals surface area contributed by atoms with Crippen LogP contribution < -0.4 is 0 Å². The van der Waals surface area contributed by atoms with Crippen molar-refractivity contribution in [2.75, 3.05) is 6.54 Å². The molecule has 2 nitrogen and oxygen atoms in total. The van der Waals surface area contributed by atoms with Crippen molar-refractivity contribution in [2.24, 2.45) is 10.9 Å². The fraction of sp³-hybridized carbons (Fsp3) is 0.667. The first-order valence-corrected chi connectivity index (χ1v) is 3.36. The van der Waals surface area contributed by atoms with Gasteiger partial charge in [0.15, 0.2) is 0 Å². The molecule has 1 atom stereocenters. The number of hydrogen-bond acceptors (Lipinski definition) is 2. The first-order valence-electron chi connectivity index (χ1n) is 2.98. The molecule has 0 aromatic rings. The number of halogens is 1. The highest BCUT2D eigenvalue weighted by atomic mass is 35.5. The predicted molar refractivity (Wildman–Crippen MR) is 36.9 cm³/mol. The normalized spacial score (nSPS) is 26.1. The lowest BCUT2D eigenvalue weighted by molar-refractivity contribution is -0.115. The van der Waals surface area contributed by atoms with E-state index in [-0.39, 0.29) is 11.2 Å². The van der Waals surface area contributed by atoms with E-state index in [0.29, 0.717) is 6.54 Å². The zero-order valence-electron chi connectivity index (χ0n) is 5.01. The Morgan fingerprint density at radius 3 is 2.89 bits per heavy atom. The Morgan fingerprint density at radius 1 is 1.78 bits per heavy atom. The lowest BCUT2D eigenvalue weighted by Crippen LogP contribution is -2.15. The minimum atomic E-state index is -0.244. The third kappa shape index (κ3) is 1.79. The second kappa shape index (κ2) is 2.97. The smallest absolute Gasteiger partial charge is 0.226 e. The van der Waals surface area contributed by atoms with Crippen LogP contribution in [0.25, 0.3) is 0 Å². The first kappa shape index (κ1) is 6.75. The van der Waals surface area contributed by atoms with Gasteiger partial charge in [0.05, 0.1) is 5.92 Å². The average molecular weight is 146 g/mol. The van der Waals surface area contributed by atoms with Gasteiger partial charge in [-0.3, -0.25) is 9.79 Å². The molecule has 1 aliphatic rings. The van der Waals surface area contributed by atoms with Gasteiger partial charge < -0.3 is 0 Å². The van der Waals surface area contributed by atoms with Crippen LogP contribution in [0.1, 0.15) is 12.8 Å². The Bertz CT molecular complexity index is 144. The van der Waals surface area contributed by atoms with Crippen molar-refractivity contribution >= 4 is 23.1 Å². The Balaban J connectivity index is 2.44. The van der Waals surface area contributed by atoms with Gasteiger partial charge in [0, 0.05) is 6.54 Å². The third-order valence-electron chi connectivity index (χ3n) is 1.42. The Morgan fingerprint density at radius 2 is 2.56 bits per heavy atom. The van der Waals surface area contributed by atoms with Crippen molar-refractivity contribution in [3.8, 4) is 0 Å². The minimum Gasteiger partial charge on any atom is -0.297 e. The maximum atomic E-state index is 10.5. The standard InChI is InChI=1S/C6H8ClNO/c7-6(9)5-2-1-3-8-4-5/h3,5H,1-2,4H2/t5-/m0/s1. The molecule has 50 valence electrons. The van der Waals surface area contributed by atoms with Crippen LogP contribution in [0.5, 0.6) is 0 Å². The van der Waals surface area contributed by atoms with Gasteiger partial charge in [-0.1, -0.05) is 0 Å². The molecule has 0 amide bonds. The molecule has 0 unspecified atom stereocenters. The van der Waals surface area contributed by atoms with Crippen LogP contribution in [0.2, 0.25) is 0 Å². The van der Waals surface area contributed by atoms with Gasteiger partial charge in [-0.15, -0.1) is 0 Å². The van der Waals surface area contributed by atoms with E-state index >= 15 is 0 Å². The molecule has 0 N–H and O–H groups in total. The molecule has 0 radical (unpaired) electrons. The van der Waals surface area contributed by atoms with E-state index in [1.807, 2.05) is 6.21 Å². The summed E-state index contributed by atoms with van der Waals surface area (Å²) in [6.45, 7) is 0.586. The predicted octanol–water partition coefficient (Wildman–Crippen LogP) is 1.23. The summed E-state index contributed by atoms with van der Waals surface area (Å²) in [6.07, 6.45) is 3.60. The summed E-state index contributed by atoms with van der Waals surface area (Å²) in [5.74, 6) is -0.0170. The molecular weight excluding hydrogens is 138 g/mol. The minimum absolute atomic E-state index is 0.0170. The lowest BCUT2D eigenvalue weighted by Gasteiger charge is -2.10. The number of hydrogen-bond donors (Lipinski definition) is 0. The zero-order valence-corrected chi connectivity index (χ0v) is 5.77. The highest BCUT2D eigenvalue weighted by Gasteiger charge is 2.16. The van der Waals surface area contributed by atoms with Gasteiger partial charge in [-0.2, -0.15) is 0 Å². The van der Waals surface area contributed by atoms with Gasteiger partial charge in [0.2, 0.25) is 5.24 Å². The van der Waals surface area contributed by atoms with Crippen molar-refractivity contribution < 1.29 is 4.79 Å². The lowest BCUT2D eigenvalue weighted by atomic mass is 10.0. The van der Waals surface area contributed by atoms with Crippen molar-refractivity contribution in [1.29, 1.82) is 0 Å². The van der Waals surface area contributed by atoms with E-state index in [4.69, 9.17) is 11.6 Å². The molecule has 9 heavy (non-hydrogen) atoms. The molecule has 0 bridgehead atoms. The van der Waals surface area contributed by atoms with E-state index in [1.165, 1.54) is 0 Å². The number of nitrogens with zero attached hydrogens (tertiary/aromatic N) is 1. The zero-order chi connectivity index (χ0) is 6.69. The topological polar surface area (TPSA) is 29.4 Å². The van der Waals surface area contributed by atoms with Crippen LogP contribution in [0.3, 0.4) is 0 Å². The highest BCUT2D eigenvalue weighted by Crippen LogP contribution is 2.13. The van der Waals surface area contributed by atoms with Gasteiger partial charge in [-0.25, -0.2) is 0 Å². The highest BCUT2D eigenvalue weighted by molar-refractivity contribution is 6.64. The summed E-state index contributed by atoms with van der Waals surface area (Å²) in [7, 11) is 0. The van der Waals surface area contributed by atoms with Crippen LogP contribution in [0, 0.1) is 5.92 Å². The number of aliphatic imine (C=N–C) groups is 1. The molecule has 0 saturated carbocycles. The summed E-state index contributed by atoms with van der Waals surface area (Å²) in [5, 5.41) is -0.244. The second-order valence-corrected chi connectivity index (χ2v) is 2.50. The Hall–Kier alpha value is -0.370. The van der Waals surface area contributed by atoms with Gasteiger partial charge >= 0.3 is 0 Å².